The summed E-state index contributed by atoms with van der Waals surface area (Å²) < 4.78 is 29.1. The predicted molar refractivity (Wildman–Crippen MR) is 186 cm³/mol. The molecule has 2 atom stereocenters. The van der Waals surface area contributed by atoms with Crippen molar-refractivity contribution in [1.29, 1.82) is 0 Å². The van der Waals surface area contributed by atoms with Gasteiger partial charge in [-0.05, 0) is 91.1 Å². The lowest BCUT2D eigenvalue weighted by atomic mass is 10.2. The van der Waals surface area contributed by atoms with Crippen LogP contribution in [0.3, 0.4) is 0 Å². The lowest BCUT2D eigenvalue weighted by Gasteiger charge is -2.37. The van der Waals surface area contributed by atoms with E-state index in [1.165, 1.54) is 7.11 Å². The fourth-order valence-electron chi connectivity index (χ4n) is 3.35. The van der Waals surface area contributed by atoms with E-state index in [0.717, 1.165) is 29.9 Å². The van der Waals surface area contributed by atoms with E-state index in [2.05, 4.69) is 81.6 Å². The van der Waals surface area contributed by atoms with Crippen LogP contribution in [0, 0.1) is 0 Å². The second kappa shape index (κ2) is 17.5. The fourth-order valence-corrected chi connectivity index (χ4v) is 5.42. The number of aliphatic hydroxyl groups is 1. The fraction of sp³-hybridized carbons (Fsp3) is 0.629. The van der Waals surface area contributed by atoms with Crippen LogP contribution < -0.4 is 9.47 Å². The first kappa shape index (κ1) is 39.8. The highest BCUT2D eigenvalue weighted by molar-refractivity contribution is 6.74. The average molecular weight is 649 g/mol. The maximum absolute atomic E-state index is 11.4. The molecule has 0 saturated carbocycles. The molecule has 44 heavy (non-hydrogen) atoms. The Balaban J connectivity index is 0.000000442. The standard InChI is InChI=1S/C18H30O4Si.C17H30O3Si/c1-8-15(13-21-23(6,7)18(2,3)4)22-16-11-9-14(10-12-16)17(19)20-5;1-7-15(13-19-21(5,6)17(2,3)4)20-16-10-8-14(12-18)9-11-16/h9-12,15H,8,13H2,1-7H3;8-11,15,18H,7,12-13H2,1-6H3. The number of aliphatic hydroxyl groups excluding tert-OH is 1. The molecular formula is C35H60O7Si2. The molecular weight excluding hydrogens is 589 g/mol. The first-order valence-electron chi connectivity index (χ1n) is 15.8. The molecule has 0 aliphatic carbocycles. The molecule has 9 heteroatoms. The monoisotopic (exact) mass is 648 g/mol. The molecule has 0 saturated heterocycles. The molecule has 0 amide bonds. The quantitative estimate of drug-likeness (QED) is 0.162. The third-order valence-corrected chi connectivity index (χ3v) is 17.8. The van der Waals surface area contributed by atoms with Gasteiger partial charge in [0.2, 0.25) is 0 Å². The Hall–Kier alpha value is -2.18. The van der Waals surface area contributed by atoms with Crippen molar-refractivity contribution in [3.63, 3.8) is 0 Å². The third kappa shape index (κ3) is 13.0. The van der Waals surface area contributed by atoms with Crippen molar-refractivity contribution in [2.24, 2.45) is 0 Å². The van der Waals surface area contributed by atoms with Crippen LogP contribution in [-0.2, 0) is 20.2 Å². The van der Waals surface area contributed by atoms with Gasteiger partial charge in [-0.2, -0.15) is 0 Å². The van der Waals surface area contributed by atoms with Crippen molar-refractivity contribution in [3.05, 3.63) is 59.7 Å². The van der Waals surface area contributed by atoms with Crippen LogP contribution in [0.1, 0.15) is 84.2 Å². The highest BCUT2D eigenvalue weighted by Gasteiger charge is 2.38. The maximum Gasteiger partial charge on any atom is 0.337 e. The minimum absolute atomic E-state index is 0.00750. The number of methoxy groups -OCH3 is 1. The van der Waals surface area contributed by atoms with Gasteiger partial charge in [0.1, 0.15) is 23.7 Å². The summed E-state index contributed by atoms with van der Waals surface area (Å²) >= 11 is 0. The van der Waals surface area contributed by atoms with Gasteiger partial charge in [0.25, 0.3) is 0 Å². The second-order valence-electron chi connectivity index (χ2n) is 14.3. The summed E-state index contributed by atoms with van der Waals surface area (Å²) in [5, 5.41) is 9.45. The molecule has 2 aromatic carbocycles. The summed E-state index contributed by atoms with van der Waals surface area (Å²) in [7, 11) is -2.13. The highest BCUT2D eigenvalue weighted by Crippen LogP contribution is 2.37. The van der Waals surface area contributed by atoms with Crippen molar-refractivity contribution in [2.45, 2.75) is 123 Å². The second-order valence-corrected chi connectivity index (χ2v) is 23.9. The summed E-state index contributed by atoms with van der Waals surface area (Å²) in [6.45, 7) is 27.9. The summed E-state index contributed by atoms with van der Waals surface area (Å²) in [5.74, 6) is 1.23. The van der Waals surface area contributed by atoms with Gasteiger partial charge in [0.05, 0.1) is 32.5 Å². The van der Waals surface area contributed by atoms with E-state index in [1.54, 1.807) is 24.3 Å². The SMILES string of the molecule is CCC(CO[Si](C)(C)C(C)(C)C)Oc1ccc(C(=O)OC)cc1.CCC(CO[Si](C)(C)C(C)(C)C)Oc1ccc(CO)cc1. The lowest BCUT2D eigenvalue weighted by Crippen LogP contribution is -2.43. The van der Waals surface area contributed by atoms with Crippen LogP contribution in [-0.4, -0.2) is 60.2 Å². The topological polar surface area (TPSA) is 83.5 Å². The van der Waals surface area contributed by atoms with Gasteiger partial charge in [0, 0.05) is 0 Å². The Morgan fingerprint density at radius 3 is 1.36 bits per heavy atom. The van der Waals surface area contributed by atoms with Crippen LogP contribution in [0.15, 0.2) is 48.5 Å². The van der Waals surface area contributed by atoms with Gasteiger partial charge >= 0.3 is 5.97 Å². The summed E-state index contributed by atoms with van der Waals surface area (Å²) in [6.07, 6.45) is 1.86. The molecule has 250 valence electrons. The maximum atomic E-state index is 11.4. The molecule has 0 spiro atoms. The van der Waals surface area contributed by atoms with Crippen LogP contribution in [0.2, 0.25) is 36.3 Å². The zero-order valence-electron chi connectivity index (χ0n) is 29.7. The Morgan fingerprint density at radius 2 is 1.07 bits per heavy atom. The van der Waals surface area contributed by atoms with Gasteiger partial charge in [-0.1, -0.05) is 67.5 Å². The molecule has 0 aliphatic heterocycles. The van der Waals surface area contributed by atoms with E-state index >= 15 is 0 Å². The minimum Gasteiger partial charge on any atom is -0.488 e. The normalized spacial score (nSPS) is 13.8. The summed E-state index contributed by atoms with van der Waals surface area (Å²) in [5.41, 5.74) is 1.42. The highest BCUT2D eigenvalue weighted by atomic mass is 28.4. The molecule has 0 aliphatic rings. The number of hydrogen-bond donors (Lipinski definition) is 1. The molecule has 1 N–H and O–H groups in total. The Labute approximate surface area is 269 Å². The summed E-state index contributed by atoms with van der Waals surface area (Å²) in [4.78, 5) is 11.4. The van der Waals surface area contributed by atoms with Gasteiger partial charge in [0.15, 0.2) is 16.6 Å². The first-order chi connectivity index (χ1) is 20.3. The largest absolute Gasteiger partial charge is 0.488 e. The lowest BCUT2D eigenvalue weighted by molar-refractivity contribution is 0.0600. The van der Waals surface area contributed by atoms with Crippen LogP contribution in [0.4, 0.5) is 0 Å². The van der Waals surface area contributed by atoms with Gasteiger partial charge < -0.3 is 28.2 Å². The van der Waals surface area contributed by atoms with Crippen molar-refractivity contribution in [2.75, 3.05) is 20.3 Å². The van der Waals surface area contributed by atoms with Crippen LogP contribution >= 0.6 is 0 Å². The average Bonchev–Trinajstić information content (AvgIpc) is 2.96. The molecule has 0 radical (unpaired) electrons. The molecule has 2 unspecified atom stereocenters. The van der Waals surface area contributed by atoms with E-state index in [1.807, 2.05) is 24.3 Å². The number of rotatable bonds is 14. The number of benzene rings is 2. The molecule has 0 bridgehead atoms. The number of esters is 1. The predicted octanol–water partition coefficient (Wildman–Crippen LogP) is 9.01. The number of carbonyl (C=O) groups is 1. The molecule has 0 fully saturated rings. The van der Waals surface area contributed by atoms with E-state index < -0.39 is 16.6 Å². The number of carbonyl (C=O) groups excluding carboxylic acids is 1. The molecule has 2 aromatic rings. The third-order valence-electron chi connectivity index (χ3n) is 8.77. The van der Waals surface area contributed by atoms with Crippen molar-refractivity contribution >= 4 is 22.6 Å². The van der Waals surface area contributed by atoms with Crippen molar-refractivity contribution in [3.8, 4) is 11.5 Å². The number of ether oxygens (including phenoxy) is 3. The van der Waals surface area contributed by atoms with Gasteiger partial charge in [-0.15, -0.1) is 0 Å². The first-order valence-corrected chi connectivity index (χ1v) is 21.6. The smallest absolute Gasteiger partial charge is 0.337 e. The molecule has 7 nitrogen and oxygen atoms in total. The molecule has 2 rings (SSSR count). The van der Waals surface area contributed by atoms with E-state index in [9.17, 15) is 4.79 Å². The Kier molecular flexibility index (Phi) is 15.8. The van der Waals surface area contributed by atoms with Gasteiger partial charge in [-0.25, -0.2) is 4.79 Å². The van der Waals surface area contributed by atoms with Crippen molar-refractivity contribution in [1.82, 2.24) is 0 Å². The molecule has 0 heterocycles. The van der Waals surface area contributed by atoms with E-state index in [0.29, 0.717) is 18.8 Å². The zero-order valence-corrected chi connectivity index (χ0v) is 31.7. The van der Waals surface area contributed by atoms with E-state index in [4.69, 9.17) is 28.2 Å². The zero-order chi connectivity index (χ0) is 33.8. The van der Waals surface area contributed by atoms with Crippen LogP contribution in [0.5, 0.6) is 11.5 Å². The van der Waals surface area contributed by atoms with Crippen molar-refractivity contribution < 1.29 is 33.0 Å². The molecule has 0 aromatic heterocycles. The minimum atomic E-state index is -1.77. The van der Waals surface area contributed by atoms with Gasteiger partial charge in [-0.3, -0.25) is 0 Å². The Bertz CT molecular complexity index is 1100. The number of hydrogen-bond acceptors (Lipinski definition) is 7. The van der Waals surface area contributed by atoms with E-state index in [-0.39, 0.29) is 34.9 Å². The van der Waals surface area contributed by atoms with Crippen LogP contribution in [0.25, 0.3) is 0 Å². The summed E-state index contributed by atoms with van der Waals surface area (Å²) in [6, 6.07) is 14.6. The Morgan fingerprint density at radius 1 is 0.705 bits per heavy atom.